The van der Waals surface area contributed by atoms with Crippen molar-refractivity contribution in [3.05, 3.63) is 52.1 Å². The Bertz CT molecular complexity index is 477. The number of nitro groups is 1. The maximum Gasteiger partial charge on any atom is 0.215 e. The highest BCUT2D eigenvalue weighted by molar-refractivity contribution is 5.43. The first-order valence-electron chi connectivity index (χ1n) is 4.93. The van der Waals surface area contributed by atoms with Crippen LogP contribution in [-0.2, 0) is 0 Å². The van der Waals surface area contributed by atoms with Crippen LogP contribution in [0.3, 0.4) is 0 Å². The van der Waals surface area contributed by atoms with Crippen molar-refractivity contribution in [2.24, 2.45) is 0 Å². The highest BCUT2D eigenvalue weighted by atomic mass is 16.6. The molecule has 1 aromatic rings. The molecule has 0 radical (unpaired) electrons. The Kier molecular flexibility index (Phi) is 4.23. The Labute approximate surface area is 99.1 Å². The predicted molar refractivity (Wildman–Crippen MR) is 62.3 cm³/mol. The summed E-state index contributed by atoms with van der Waals surface area (Å²) < 4.78 is 5.13. The molecule has 88 valence electrons. The summed E-state index contributed by atoms with van der Waals surface area (Å²) in [5.74, 6) is -0.123. The second-order valence-electron chi connectivity index (χ2n) is 3.45. The number of rotatable bonds is 5. The molecule has 0 aliphatic rings. The smallest absolute Gasteiger partial charge is 0.215 e. The second kappa shape index (κ2) is 5.66. The lowest BCUT2D eigenvalue weighted by Gasteiger charge is -2.14. The molecule has 1 rings (SSSR count). The maximum absolute atomic E-state index is 10.6. The molecule has 0 bridgehead atoms. The fraction of sp³-hybridized carbons (Fsp3) is 0.250. The Balaban J connectivity index is 3.17. The van der Waals surface area contributed by atoms with Gasteiger partial charge < -0.3 is 4.74 Å². The zero-order chi connectivity index (χ0) is 12.8. The number of methoxy groups -OCH3 is 1. The Morgan fingerprint density at radius 3 is 2.82 bits per heavy atom. The predicted octanol–water partition coefficient (Wildman–Crippen LogP) is 2.14. The highest BCUT2D eigenvalue weighted by Gasteiger charge is 2.24. The van der Waals surface area contributed by atoms with Gasteiger partial charge >= 0.3 is 0 Å². The Morgan fingerprint density at radius 2 is 2.29 bits per heavy atom. The quantitative estimate of drug-likeness (QED) is 0.442. The van der Waals surface area contributed by atoms with Crippen LogP contribution in [0, 0.1) is 21.4 Å². The number of nitriles is 1. The molecule has 0 aromatic heterocycles. The standard InChI is InChI=1S/C12H12N2O3/c1-9(7-13)11(8-14(15)16)10-5-3-4-6-12(10)17-2/h3-6,11H,1,8H2,2H3. The van der Waals surface area contributed by atoms with Crippen LogP contribution in [0.5, 0.6) is 5.75 Å². The van der Waals surface area contributed by atoms with E-state index in [0.717, 1.165) is 0 Å². The van der Waals surface area contributed by atoms with Crippen molar-refractivity contribution in [3.8, 4) is 11.8 Å². The molecular formula is C12H12N2O3. The van der Waals surface area contributed by atoms with Crippen molar-refractivity contribution in [2.45, 2.75) is 5.92 Å². The second-order valence-corrected chi connectivity index (χ2v) is 3.45. The molecule has 0 amide bonds. The molecule has 0 saturated carbocycles. The summed E-state index contributed by atoms with van der Waals surface area (Å²) in [5, 5.41) is 19.4. The number of para-hydroxylation sites is 1. The SMILES string of the molecule is C=C(C#N)C(C[N+](=O)[O-])c1ccccc1OC. The Hall–Kier alpha value is -2.35. The van der Waals surface area contributed by atoms with Crippen LogP contribution >= 0.6 is 0 Å². The first kappa shape index (κ1) is 12.7. The summed E-state index contributed by atoms with van der Waals surface area (Å²) in [6.45, 7) is 3.19. The molecule has 0 aliphatic heterocycles. The van der Waals surface area contributed by atoms with Gasteiger partial charge in [-0.3, -0.25) is 10.1 Å². The minimum atomic E-state index is -0.647. The van der Waals surface area contributed by atoms with E-state index >= 15 is 0 Å². The normalized spacial score (nSPS) is 11.3. The molecule has 5 nitrogen and oxygen atoms in total. The third-order valence-electron chi connectivity index (χ3n) is 2.41. The number of hydrogen-bond donors (Lipinski definition) is 0. The van der Waals surface area contributed by atoms with E-state index in [-0.39, 0.29) is 12.1 Å². The summed E-state index contributed by atoms with van der Waals surface area (Å²) in [5.41, 5.74) is 0.768. The lowest BCUT2D eigenvalue weighted by Crippen LogP contribution is -2.14. The first-order valence-corrected chi connectivity index (χ1v) is 4.93. The van der Waals surface area contributed by atoms with Crippen molar-refractivity contribution in [1.82, 2.24) is 0 Å². The van der Waals surface area contributed by atoms with Gasteiger partial charge in [0, 0.05) is 16.1 Å². The van der Waals surface area contributed by atoms with E-state index in [2.05, 4.69) is 6.58 Å². The molecule has 0 fully saturated rings. The topological polar surface area (TPSA) is 76.2 Å². The van der Waals surface area contributed by atoms with Crippen LogP contribution in [0.15, 0.2) is 36.4 Å². The van der Waals surface area contributed by atoms with Crippen molar-refractivity contribution < 1.29 is 9.66 Å². The fourth-order valence-corrected chi connectivity index (χ4v) is 1.58. The number of nitrogens with zero attached hydrogens (tertiary/aromatic N) is 2. The van der Waals surface area contributed by atoms with Crippen LogP contribution < -0.4 is 4.74 Å². The van der Waals surface area contributed by atoms with E-state index in [1.54, 1.807) is 24.3 Å². The third-order valence-corrected chi connectivity index (χ3v) is 2.41. The van der Waals surface area contributed by atoms with E-state index in [9.17, 15) is 10.1 Å². The Morgan fingerprint density at radius 1 is 1.65 bits per heavy atom. The average molecular weight is 232 g/mol. The minimum Gasteiger partial charge on any atom is -0.496 e. The fourth-order valence-electron chi connectivity index (χ4n) is 1.58. The van der Waals surface area contributed by atoms with Gasteiger partial charge in [-0.15, -0.1) is 0 Å². The largest absolute Gasteiger partial charge is 0.496 e. The molecule has 1 aromatic carbocycles. The molecule has 0 heterocycles. The van der Waals surface area contributed by atoms with Crippen LogP contribution in [0.1, 0.15) is 11.5 Å². The van der Waals surface area contributed by atoms with E-state index in [1.165, 1.54) is 7.11 Å². The van der Waals surface area contributed by atoms with Crippen LogP contribution in [0.2, 0.25) is 0 Å². The minimum absolute atomic E-state index is 0.159. The van der Waals surface area contributed by atoms with Gasteiger partial charge in [0.05, 0.1) is 19.1 Å². The van der Waals surface area contributed by atoms with Gasteiger partial charge in [0.2, 0.25) is 6.54 Å². The van der Waals surface area contributed by atoms with Gasteiger partial charge in [0.25, 0.3) is 0 Å². The molecule has 0 aliphatic carbocycles. The van der Waals surface area contributed by atoms with Crippen molar-refractivity contribution in [2.75, 3.05) is 13.7 Å². The van der Waals surface area contributed by atoms with Gasteiger partial charge in [0.1, 0.15) is 5.75 Å². The molecule has 0 spiro atoms. The third kappa shape index (κ3) is 3.05. The molecule has 1 atom stereocenters. The summed E-state index contributed by atoms with van der Waals surface area (Å²) in [6.07, 6.45) is 0. The van der Waals surface area contributed by atoms with Crippen LogP contribution in [-0.4, -0.2) is 18.6 Å². The molecule has 1 unspecified atom stereocenters. The zero-order valence-corrected chi connectivity index (χ0v) is 9.42. The van der Waals surface area contributed by atoms with Crippen molar-refractivity contribution in [1.29, 1.82) is 5.26 Å². The first-order chi connectivity index (χ1) is 8.10. The molecule has 17 heavy (non-hydrogen) atoms. The maximum atomic E-state index is 10.6. The lowest BCUT2D eigenvalue weighted by atomic mass is 9.92. The molecule has 0 saturated heterocycles. The average Bonchev–Trinajstić information content (AvgIpc) is 2.34. The van der Waals surface area contributed by atoms with E-state index in [0.29, 0.717) is 11.3 Å². The van der Waals surface area contributed by atoms with E-state index < -0.39 is 10.8 Å². The summed E-state index contributed by atoms with van der Waals surface area (Å²) in [6, 6.07) is 8.78. The lowest BCUT2D eigenvalue weighted by molar-refractivity contribution is -0.481. The molecular weight excluding hydrogens is 220 g/mol. The van der Waals surface area contributed by atoms with Crippen LogP contribution in [0.25, 0.3) is 0 Å². The van der Waals surface area contributed by atoms with Crippen molar-refractivity contribution in [3.63, 3.8) is 0 Å². The molecule has 0 N–H and O–H groups in total. The number of benzene rings is 1. The summed E-state index contributed by atoms with van der Waals surface area (Å²) >= 11 is 0. The zero-order valence-electron chi connectivity index (χ0n) is 9.42. The van der Waals surface area contributed by atoms with Gasteiger partial charge in [-0.05, 0) is 6.07 Å². The van der Waals surface area contributed by atoms with Crippen LogP contribution in [0.4, 0.5) is 0 Å². The number of hydrogen-bond acceptors (Lipinski definition) is 4. The van der Waals surface area contributed by atoms with Gasteiger partial charge in [-0.2, -0.15) is 5.26 Å². The number of ether oxygens (including phenoxy) is 1. The summed E-state index contributed by atoms with van der Waals surface area (Å²) in [7, 11) is 1.48. The van der Waals surface area contributed by atoms with Gasteiger partial charge in [-0.1, -0.05) is 24.8 Å². The monoisotopic (exact) mass is 232 g/mol. The molecule has 5 heteroatoms. The summed E-state index contributed by atoms with van der Waals surface area (Å²) in [4.78, 5) is 10.2. The van der Waals surface area contributed by atoms with Crippen molar-refractivity contribution >= 4 is 0 Å². The highest BCUT2D eigenvalue weighted by Crippen LogP contribution is 2.30. The van der Waals surface area contributed by atoms with Gasteiger partial charge in [0.15, 0.2) is 0 Å². The van der Waals surface area contributed by atoms with Gasteiger partial charge in [-0.25, -0.2) is 0 Å². The van der Waals surface area contributed by atoms with E-state index in [1.807, 2.05) is 6.07 Å². The van der Waals surface area contributed by atoms with E-state index in [4.69, 9.17) is 10.00 Å².